The standard InChI is InChI=1S/C26H29N7O4S/c1-32(38(3,34)35)25-18(5-4-11-28-25)6-8-21-20-10-12-27-24(20)31-26(29-21)30-22-9-7-19(17-23(22)36-2)33-13-15-37-16-14-33/h4-12,17H,13-16H2,1-3H3,(H2,27,29,30,31)/b8-6+. The zero-order chi connectivity index (χ0) is 26.7. The number of hydrogen-bond acceptors (Lipinski definition) is 9. The second-order valence-electron chi connectivity index (χ2n) is 8.76. The van der Waals surface area contributed by atoms with Crippen molar-refractivity contribution in [3.8, 4) is 5.75 Å². The van der Waals surface area contributed by atoms with Crippen LogP contribution in [0.3, 0.4) is 0 Å². The molecule has 0 aliphatic carbocycles. The van der Waals surface area contributed by atoms with E-state index >= 15 is 0 Å². The molecule has 0 spiro atoms. The van der Waals surface area contributed by atoms with Crippen LogP contribution in [-0.4, -0.2) is 75.1 Å². The third kappa shape index (κ3) is 5.41. The van der Waals surface area contributed by atoms with Crippen molar-refractivity contribution in [3.05, 3.63) is 60.0 Å². The van der Waals surface area contributed by atoms with Crippen LogP contribution in [0.2, 0.25) is 0 Å². The number of aromatic nitrogens is 4. The maximum atomic E-state index is 12.1. The molecule has 0 amide bonds. The summed E-state index contributed by atoms with van der Waals surface area (Å²) in [6.45, 7) is 3.06. The maximum Gasteiger partial charge on any atom is 0.233 e. The van der Waals surface area contributed by atoms with Crippen molar-refractivity contribution in [2.75, 3.05) is 61.2 Å². The summed E-state index contributed by atoms with van der Waals surface area (Å²) in [7, 11) is -0.363. The van der Waals surface area contributed by atoms with E-state index in [9.17, 15) is 8.42 Å². The van der Waals surface area contributed by atoms with E-state index in [0.29, 0.717) is 47.6 Å². The van der Waals surface area contributed by atoms with Crippen LogP contribution in [0.4, 0.5) is 23.1 Å². The van der Waals surface area contributed by atoms with Gasteiger partial charge in [-0.1, -0.05) is 0 Å². The first kappa shape index (κ1) is 25.5. The molecule has 198 valence electrons. The van der Waals surface area contributed by atoms with Gasteiger partial charge in [0.1, 0.15) is 17.2 Å². The Bertz CT molecular complexity index is 1580. The van der Waals surface area contributed by atoms with Gasteiger partial charge in [0.25, 0.3) is 0 Å². The lowest BCUT2D eigenvalue weighted by Crippen LogP contribution is -2.36. The van der Waals surface area contributed by atoms with E-state index in [1.807, 2.05) is 30.3 Å². The van der Waals surface area contributed by atoms with E-state index in [1.54, 1.807) is 37.7 Å². The summed E-state index contributed by atoms with van der Waals surface area (Å²) >= 11 is 0. The van der Waals surface area contributed by atoms with Crippen molar-refractivity contribution in [2.24, 2.45) is 0 Å². The zero-order valence-electron chi connectivity index (χ0n) is 21.4. The number of nitrogens with one attached hydrogen (secondary N) is 2. The minimum Gasteiger partial charge on any atom is -0.494 e. The quantitative estimate of drug-likeness (QED) is 0.349. The van der Waals surface area contributed by atoms with Gasteiger partial charge in [-0.05, 0) is 42.5 Å². The van der Waals surface area contributed by atoms with Crippen molar-refractivity contribution < 1.29 is 17.9 Å². The zero-order valence-corrected chi connectivity index (χ0v) is 22.2. The van der Waals surface area contributed by atoms with E-state index in [4.69, 9.17) is 14.5 Å². The van der Waals surface area contributed by atoms with Crippen molar-refractivity contribution in [2.45, 2.75) is 0 Å². The van der Waals surface area contributed by atoms with Gasteiger partial charge in [0.2, 0.25) is 16.0 Å². The molecule has 1 aliphatic heterocycles. The van der Waals surface area contributed by atoms with Crippen molar-refractivity contribution in [1.29, 1.82) is 0 Å². The lowest BCUT2D eigenvalue weighted by atomic mass is 10.2. The second-order valence-corrected chi connectivity index (χ2v) is 10.8. The number of H-pyrrole nitrogens is 1. The number of methoxy groups -OCH3 is 1. The molecule has 1 fully saturated rings. The minimum atomic E-state index is -3.47. The normalized spacial score (nSPS) is 14.2. The third-order valence-corrected chi connectivity index (χ3v) is 7.45. The average Bonchev–Trinajstić information content (AvgIpc) is 3.40. The number of sulfonamides is 1. The maximum absolute atomic E-state index is 12.1. The number of morpholine rings is 1. The summed E-state index contributed by atoms with van der Waals surface area (Å²) in [4.78, 5) is 19.0. The van der Waals surface area contributed by atoms with Crippen LogP contribution in [0.15, 0.2) is 48.8 Å². The molecule has 12 heteroatoms. The van der Waals surface area contributed by atoms with Gasteiger partial charge in [0, 0.05) is 55.2 Å². The Morgan fingerprint density at radius 1 is 1.16 bits per heavy atom. The molecule has 5 rings (SSSR count). The summed E-state index contributed by atoms with van der Waals surface area (Å²) in [6.07, 6.45) is 8.11. The highest BCUT2D eigenvalue weighted by molar-refractivity contribution is 7.92. The first-order valence-corrected chi connectivity index (χ1v) is 13.9. The molecule has 4 heterocycles. The van der Waals surface area contributed by atoms with Gasteiger partial charge < -0.3 is 24.7 Å². The highest BCUT2D eigenvalue weighted by Gasteiger charge is 2.17. The number of pyridine rings is 1. The number of benzene rings is 1. The summed E-state index contributed by atoms with van der Waals surface area (Å²) in [5.41, 5.74) is 3.74. The van der Waals surface area contributed by atoms with Gasteiger partial charge in [0.05, 0.1) is 38.0 Å². The Hall–Kier alpha value is -4.16. The monoisotopic (exact) mass is 535 g/mol. The van der Waals surface area contributed by atoms with Crippen LogP contribution in [-0.2, 0) is 14.8 Å². The van der Waals surface area contributed by atoms with E-state index in [2.05, 4.69) is 25.2 Å². The van der Waals surface area contributed by atoms with Gasteiger partial charge in [-0.3, -0.25) is 4.31 Å². The van der Waals surface area contributed by atoms with Gasteiger partial charge in [-0.25, -0.2) is 18.4 Å². The number of aromatic amines is 1. The molecular weight excluding hydrogens is 506 g/mol. The molecule has 2 N–H and O–H groups in total. The van der Waals surface area contributed by atoms with Gasteiger partial charge in [-0.2, -0.15) is 4.98 Å². The van der Waals surface area contributed by atoms with E-state index in [0.717, 1.165) is 40.4 Å². The lowest BCUT2D eigenvalue weighted by Gasteiger charge is -2.29. The van der Waals surface area contributed by atoms with Crippen LogP contribution in [0, 0.1) is 0 Å². The fourth-order valence-electron chi connectivity index (χ4n) is 4.20. The van der Waals surface area contributed by atoms with Crippen LogP contribution >= 0.6 is 0 Å². The first-order valence-electron chi connectivity index (χ1n) is 12.0. The average molecular weight is 536 g/mol. The highest BCUT2D eigenvalue weighted by Crippen LogP contribution is 2.32. The molecule has 0 unspecified atom stereocenters. The van der Waals surface area contributed by atoms with E-state index in [-0.39, 0.29) is 0 Å². The Balaban J connectivity index is 1.46. The van der Waals surface area contributed by atoms with Crippen LogP contribution in [0.1, 0.15) is 11.3 Å². The molecule has 4 aromatic rings. The largest absolute Gasteiger partial charge is 0.494 e. The predicted molar refractivity (Wildman–Crippen MR) is 150 cm³/mol. The van der Waals surface area contributed by atoms with E-state index < -0.39 is 10.0 Å². The fourth-order valence-corrected chi connectivity index (χ4v) is 4.66. The van der Waals surface area contributed by atoms with Crippen molar-refractivity contribution >= 4 is 56.3 Å². The Morgan fingerprint density at radius 3 is 2.74 bits per heavy atom. The Kier molecular flexibility index (Phi) is 7.16. The number of rotatable bonds is 8. The van der Waals surface area contributed by atoms with Gasteiger partial charge in [-0.15, -0.1) is 0 Å². The van der Waals surface area contributed by atoms with E-state index in [1.165, 1.54) is 7.05 Å². The first-order chi connectivity index (χ1) is 18.3. The molecule has 1 saturated heterocycles. The summed E-state index contributed by atoms with van der Waals surface area (Å²) in [5.74, 6) is 1.39. The van der Waals surface area contributed by atoms with Crippen molar-refractivity contribution in [1.82, 2.24) is 19.9 Å². The summed E-state index contributed by atoms with van der Waals surface area (Å²) < 4.78 is 36.5. The second kappa shape index (κ2) is 10.7. The molecule has 1 aliphatic rings. The molecular formula is C26H29N7O4S. The Labute approximate surface area is 221 Å². The summed E-state index contributed by atoms with van der Waals surface area (Å²) in [5, 5.41) is 4.10. The molecule has 3 aromatic heterocycles. The third-order valence-electron chi connectivity index (χ3n) is 6.29. The minimum absolute atomic E-state index is 0.328. The predicted octanol–water partition coefficient (Wildman–Crippen LogP) is 3.51. The van der Waals surface area contributed by atoms with Crippen LogP contribution < -0.4 is 19.3 Å². The molecule has 0 atom stereocenters. The smallest absolute Gasteiger partial charge is 0.233 e. The Morgan fingerprint density at radius 2 is 1.97 bits per heavy atom. The molecule has 38 heavy (non-hydrogen) atoms. The van der Waals surface area contributed by atoms with Crippen LogP contribution in [0.25, 0.3) is 23.2 Å². The van der Waals surface area contributed by atoms with Gasteiger partial charge in [0.15, 0.2) is 0 Å². The van der Waals surface area contributed by atoms with Crippen molar-refractivity contribution in [3.63, 3.8) is 0 Å². The molecule has 1 aromatic carbocycles. The molecule has 0 saturated carbocycles. The highest BCUT2D eigenvalue weighted by atomic mass is 32.2. The number of fused-ring (bicyclic) bond motifs is 1. The molecule has 0 bridgehead atoms. The topological polar surface area (TPSA) is 126 Å². The summed E-state index contributed by atoms with van der Waals surface area (Å²) in [6, 6.07) is 11.4. The number of nitrogens with zero attached hydrogens (tertiary/aromatic N) is 5. The van der Waals surface area contributed by atoms with Gasteiger partial charge >= 0.3 is 0 Å². The molecule has 0 radical (unpaired) electrons. The lowest BCUT2D eigenvalue weighted by molar-refractivity contribution is 0.122. The van der Waals surface area contributed by atoms with Crippen LogP contribution in [0.5, 0.6) is 5.75 Å². The SMILES string of the molecule is COc1cc(N2CCOCC2)ccc1Nc1nc(/C=C/c2cccnc2N(C)S(C)(=O)=O)c2cc[nH]c2n1. The number of hydrogen-bond donors (Lipinski definition) is 2. The fraction of sp³-hybridized carbons (Fsp3) is 0.269. The number of ether oxygens (including phenoxy) is 2. The molecule has 11 nitrogen and oxygen atoms in total. The number of anilines is 4.